The molecule has 0 saturated carbocycles. The first-order valence-corrected chi connectivity index (χ1v) is 8.62. The quantitative estimate of drug-likeness (QED) is 0.577. The van der Waals surface area contributed by atoms with E-state index in [0.29, 0.717) is 4.53 Å². The summed E-state index contributed by atoms with van der Waals surface area (Å²) in [5.41, 5.74) is 2.61. The van der Waals surface area contributed by atoms with E-state index in [1.165, 1.54) is 11.3 Å². The van der Waals surface area contributed by atoms with Crippen molar-refractivity contribution in [2.45, 2.75) is 20.0 Å². The van der Waals surface area contributed by atoms with Gasteiger partial charge in [-0.2, -0.15) is 0 Å². The Morgan fingerprint density at radius 2 is 2.00 bits per heavy atom. The smallest absolute Gasteiger partial charge is 0.274 e. The monoisotopic (exact) mass is 336 g/mol. The van der Waals surface area contributed by atoms with Crippen molar-refractivity contribution in [3.8, 4) is 5.75 Å². The molecule has 4 aromatic rings. The maximum Gasteiger partial charge on any atom is 0.274 e. The zero-order valence-electron chi connectivity index (χ0n) is 13.4. The Kier molecular flexibility index (Phi) is 3.58. The van der Waals surface area contributed by atoms with Crippen LogP contribution in [-0.4, -0.2) is 15.5 Å². The van der Waals surface area contributed by atoms with Crippen molar-refractivity contribution in [3.05, 3.63) is 69.0 Å². The summed E-state index contributed by atoms with van der Waals surface area (Å²) >= 11 is 1.41. The van der Waals surface area contributed by atoms with Crippen LogP contribution in [0.3, 0.4) is 0 Å². The Balaban J connectivity index is 1.86. The fourth-order valence-electron chi connectivity index (χ4n) is 2.71. The van der Waals surface area contributed by atoms with Gasteiger partial charge >= 0.3 is 0 Å². The number of rotatable bonds is 3. The van der Waals surface area contributed by atoms with Crippen LogP contribution in [0.4, 0.5) is 0 Å². The highest BCUT2D eigenvalue weighted by Gasteiger charge is 2.10. The summed E-state index contributed by atoms with van der Waals surface area (Å²) in [7, 11) is 0. The Morgan fingerprint density at radius 3 is 2.83 bits per heavy atom. The molecule has 4 rings (SSSR count). The minimum absolute atomic E-state index is 0.0288. The van der Waals surface area contributed by atoms with Crippen LogP contribution in [0.2, 0.25) is 0 Å². The number of hydrogen-bond acceptors (Lipinski definition) is 4. The van der Waals surface area contributed by atoms with Gasteiger partial charge in [-0.25, -0.2) is 9.38 Å². The van der Waals surface area contributed by atoms with E-state index in [-0.39, 0.29) is 11.7 Å². The fraction of sp³-hybridized carbons (Fsp3) is 0.158. The average molecular weight is 336 g/mol. The molecule has 0 saturated heterocycles. The molecule has 5 heteroatoms. The zero-order chi connectivity index (χ0) is 16.7. The molecule has 2 heterocycles. The summed E-state index contributed by atoms with van der Waals surface area (Å²) in [4.78, 5) is 18.0. The van der Waals surface area contributed by atoms with E-state index < -0.39 is 0 Å². The van der Waals surface area contributed by atoms with Gasteiger partial charge in [-0.15, -0.1) is 0 Å². The van der Waals surface area contributed by atoms with Crippen molar-refractivity contribution >= 4 is 33.4 Å². The Labute approximate surface area is 142 Å². The SMILES string of the molecule is CC(C)Oc1cccc(C=c2sc3nc4ccccc4n3c2=O)c1. The summed E-state index contributed by atoms with van der Waals surface area (Å²) in [6.45, 7) is 3.98. The number of hydrogen-bond donors (Lipinski definition) is 0. The van der Waals surface area contributed by atoms with Crippen LogP contribution >= 0.6 is 11.3 Å². The predicted molar refractivity (Wildman–Crippen MR) is 97.8 cm³/mol. The lowest BCUT2D eigenvalue weighted by Crippen LogP contribution is -2.22. The second kappa shape index (κ2) is 5.76. The van der Waals surface area contributed by atoms with Crippen molar-refractivity contribution in [1.29, 1.82) is 0 Å². The molecule has 0 bridgehead atoms. The highest BCUT2D eigenvalue weighted by Crippen LogP contribution is 2.17. The van der Waals surface area contributed by atoms with E-state index in [0.717, 1.165) is 27.3 Å². The van der Waals surface area contributed by atoms with E-state index in [1.807, 2.05) is 68.5 Å². The topological polar surface area (TPSA) is 43.6 Å². The van der Waals surface area contributed by atoms with Crippen LogP contribution in [0.5, 0.6) is 5.75 Å². The number of imidazole rings is 1. The summed E-state index contributed by atoms with van der Waals surface area (Å²) in [6, 6.07) is 15.5. The molecular formula is C19H16N2O2S. The third kappa shape index (κ3) is 2.57. The summed E-state index contributed by atoms with van der Waals surface area (Å²) in [5.74, 6) is 0.804. The second-order valence-electron chi connectivity index (χ2n) is 5.87. The maximum atomic E-state index is 12.7. The molecule has 0 N–H and O–H groups in total. The zero-order valence-corrected chi connectivity index (χ0v) is 14.2. The van der Waals surface area contributed by atoms with Crippen LogP contribution in [0, 0.1) is 0 Å². The molecule has 0 unspecified atom stereocenters. The number of nitrogens with zero attached hydrogens (tertiary/aromatic N) is 2. The van der Waals surface area contributed by atoms with E-state index in [9.17, 15) is 4.79 Å². The maximum absolute atomic E-state index is 12.7. The number of benzene rings is 2. The highest BCUT2D eigenvalue weighted by molar-refractivity contribution is 7.15. The van der Waals surface area contributed by atoms with Gasteiger partial charge in [-0.05, 0) is 49.8 Å². The van der Waals surface area contributed by atoms with E-state index in [4.69, 9.17) is 4.74 Å². The molecule has 0 radical (unpaired) electrons. The number of thiazole rings is 1. The van der Waals surface area contributed by atoms with Crippen LogP contribution in [0.25, 0.3) is 22.1 Å². The normalized spacial score (nSPS) is 12.5. The molecule has 4 nitrogen and oxygen atoms in total. The third-order valence-corrected chi connectivity index (χ3v) is 4.64. The molecule has 0 aliphatic carbocycles. The Bertz CT molecular complexity index is 1140. The van der Waals surface area contributed by atoms with Gasteiger partial charge in [0.05, 0.1) is 21.7 Å². The largest absolute Gasteiger partial charge is 0.491 e. The van der Waals surface area contributed by atoms with Crippen molar-refractivity contribution in [2.24, 2.45) is 0 Å². The second-order valence-corrected chi connectivity index (χ2v) is 6.88. The standard InChI is InChI=1S/C19H16N2O2S/c1-12(2)23-14-7-5-6-13(10-14)11-17-18(22)21-16-9-4-3-8-15(16)20-19(21)24-17/h3-12H,1-2H3. The first kappa shape index (κ1) is 14.9. The molecular weight excluding hydrogens is 320 g/mol. The van der Waals surface area contributed by atoms with Crippen LogP contribution in [-0.2, 0) is 0 Å². The van der Waals surface area contributed by atoms with E-state index in [1.54, 1.807) is 4.40 Å². The van der Waals surface area contributed by atoms with Gasteiger partial charge in [0.1, 0.15) is 5.75 Å². The predicted octanol–water partition coefficient (Wildman–Crippen LogP) is 3.24. The lowest BCUT2D eigenvalue weighted by Gasteiger charge is -2.09. The van der Waals surface area contributed by atoms with Crippen molar-refractivity contribution < 1.29 is 4.74 Å². The Hall–Kier alpha value is -2.66. The third-order valence-electron chi connectivity index (χ3n) is 3.67. The van der Waals surface area contributed by atoms with Crippen LogP contribution < -0.4 is 14.8 Å². The minimum Gasteiger partial charge on any atom is -0.491 e. The van der Waals surface area contributed by atoms with Gasteiger partial charge in [-0.3, -0.25) is 4.79 Å². The van der Waals surface area contributed by atoms with Crippen molar-refractivity contribution in [1.82, 2.24) is 9.38 Å². The first-order valence-electron chi connectivity index (χ1n) is 7.80. The van der Waals surface area contributed by atoms with Gasteiger partial charge in [0, 0.05) is 0 Å². The molecule has 0 atom stereocenters. The van der Waals surface area contributed by atoms with E-state index in [2.05, 4.69) is 4.98 Å². The highest BCUT2D eigenvalue weighted by atomic mass is 32.1. The van der Waals surface area contributed by atoms with E-state index >= 15 is 0 Å². The first-order chi connectivity index (χ1) is 11.6. The molecule has 0 spiro atoms. The minimum atomic E-state index is -0.0288. The van der Waals surface area contributed by atoms with Gasteiger partial charge < -0.3 is 4.74 Å². The number of aromatic nitrogens is 2. The molecule has 0 fully saturated rings. The van der Waals surface area contributed by atoms with Gasteiger partial charge in [-0.1, -0.05) is 35.6 Å². The molecule has 2 aromatic heterocycles. The van der Waals surface area contributed by atoms with Gasteiger partial charge in [0.25, 0.3) is 5.56 Å². The van der Waals surface area contributed by atoms with Crippen LogP contribution in [0.1, 0.15) is 19.4 Å². The Morgan fingerprint density at radius 1 is 1.17 bits per heavy atom. The number of ether oxygens (including phenoxy) is 1. The van der Waals surface area contributed by atoms with Crippen molar-refractivity contribution in [3.63, 3.8) is 0 Å². The molecule has 0 aliphatic rings. The molecule has 24 heavy (non-hydrogen) atoms. The summed E-state index contributed by atoms with van der Waals surface area (Å²) < 4.78 is 8.06. The van der Waals surface area contributed by atoms with Gasteiger partial charge in [0.15, 0.2) is 4.96 Å². The lowest BCUT2D eigenvalue weighted by atomic mass is 10.2. The average Bonchev–Trinajstić information content (AvgIpc) is 3.04. The molecule has 0 amide bonds. The number of para-hydroxylation sites is 2. The summed E-state index contributed by atoms with van der Waals surface area (Å²) in [6.07, 6.45) is 2.01. The fourth-order valence-corrected chi connectivity index (χ4v) is 3.70. The van der Waals surface area contributed by atoms with Crippen molar-refractivity contribution in [2.75, 3.05) is 0 Å². The summed E-state index contributed by atoms with van der Waals surface area (Å²) in [5, 5.41) is 0. The molecule has 0 aliphatic heterocycles. The molecule has 120 valence electrons. The molecule has 2 aromatic carbocycles. The lowest BCUT2D eigenvalue weighted by molar-refractivity contribution is 0.242. The van der Waals surface area contributed by atoms with Crippen LogP contribution in [0.15, 0.2) is 53.3 Å². The van der Waals surface area contributed by atoms with Gasteiger partial charge in [0.2, 0.25) is 0 Å². The number of fused-ring (bicyclic) bond motifs is 3.